The van der Waals surface area contributed by atoms with Gasteiger partial charge in [0.05, 0.1) is 6.61 Å². The minimum Gasteiger partial charge on any atom is -0.726 e. The minimum absolute atomic E-state index is 0.0914. The first-order valence-electron chi connectivity index (χ1n) is 14.0. The Kier molecular flexibility index (Phi) is 20.4. The van der Waals surface area contributed by atoms with E-state index in [0.717, 1.165) is 31.7 Å². The maximum atomic E-state index is 9.45. The van der Waals surface area contributed by atoms with Gasteiger partial charge in [-0.25, -0.2) is 8.42 Å². The van der Waals surface area contributed by atoms with E-state index in [1.54, 1.807) is 0 Å². The van der Waals surface area contributed by atoms with E-state index in [1.807, 2.05) is 0 Å². The lowest BCUT2D eigenvalue weighted by atomic mass is 9.75. The van der Waals surface area contributed by atoms with Crippen LogP contribution in [-0.2, 0) is 14.6 Å². The van der Waals surface area contributed by atoms with Crippen molar-refractivity contribution in [3.05, 3.63) is 0 Å². The summed E-state index contributed by atoms with van der Waals surface area (Å²) in [4.78, 5) is 4.79. The summed E-state index contributed by atoms with van der Waals surface area (Å²) in [6.45, 7) is 9.56. The van der Waals surface area contributed by atoms with Gasteiger partial charge in [-0.15, -0.1) is 0 Å². The predicted octanol–water partition coefficient (Wildman–Crippen LogP) is 7.21. The van der Waals surface area contributed by atoms with E-state index >= 15 is 0 Å². The van der Waals surface area contributed by atoms with Gasteiger partial charge in [0, 0.05) is 24.3 Å². The first-order chi connectivity index (χ1) is 16.2. The quantitative estimate of drug-likeness (QED) is 0.107. The normalized spacial score (nSPS) is 18.1. The van der Waals surface area contributed by atoms with Crippen LogP contribution in [0.5, 0.6) is 0 Å². The maximum absolute atomic E-state index is 9.45. The highest BCUT2D eigenvalue weighted by Crippen LogP contribution is 2.38. The summed E-state index contributed by atoms with van der Waals surface area (Å²) in [6.07, 6.45) is 22.8. The number of aliphatic hydroxyl groups is 1. The van der Waals surface area contributed by atoms with Crippen molar-refractivity contribution in [3.63, 3.8) is 0 Å². The van der Waals surface area contributed by atoms with Crippen LogP contribution in [0.3, 0.4) is 0 Å². The molecule has 0 aromatic rings. The fraction of sp³-hybridized carbons (Fsp3) is 0.963. The van der Waals surface area contributed by atoms with Crippen LogP contribution in [0.1, 0.15) is 137 Å². The van der Waals surface area contributed by atoms with E-state index < -0.39 is 10.4 Å². The van der Waals surface area contributed by atoms with Gasteiger partial charge in [-0.1, -0.05) is 97.8 Å². The Morgan fingerprint density at radius 2 is 1.44 bits per heavy atom. The standard InChI is InChI=1S/C25H49NO.C2H6O4S/c1-4-25(20-22-27)19-21-26-24(25)18-16-14-12-10-8-6-5-7-9-11-13-15-17-23(2)3;1-2-6-7(3,4)5/h23,27H,4-22H2,1-3H3;2H2,1H3,(H,3,4,5)/p-1. The largest absolute Gasteiger partial charge is 0.726 e. The molecule has 0 saturated carbocycles. The number of nitrogens with zero attached hydrogens (tertiary/aromatic N) is 1. The third-order valence-electron chi connectivity index (χ3n) is 6.98. The van der Waals surface area contributed by atoms with Gasteiger partial charge < -0.3 is 9.66 Å². The third kappa shape index (κ3) is 17.9. The monoisotopic (exact) mass is 504 g/mol. The lowest BCUT2D eigenvalue weighted by Crippen LogP contribution is -2.28. The van der Waals surface area contributed by atoms with E-state index in [4.69, 9.17) is 4.99 Å². The van der Waals surface area contributed by atoms with Crippen molar-refractivity contribution in [2.45, 2.75) is 137 Å². The molecule has 0 fully saturated rings. The molecule has 1 heterocycles. The molecule has 204 valence electrons. The number of hydrogen-bond donors (Lipinski definition) is 1. The molecule has 1 aliphatic heterocycles. The average molecular weight is 505 g/mol. The lowest BCUT2D eigenvalue weighted by Gasteiger charge is -2.29. The molecule has 7 heteroatoms. The summed E-state index contributed by atoms with van der Waals surface area (Å²) in [5, 5.41) is 9.39. The molecule has 1 aliphatic rings. The number of aliphatic hydroxyl groups excluding tert-OH is 1. The summed E-state index contributed by atoms with van der Waals surface area (Å²) >= 11 is 0. The van der Waals surface area contributed by atoms with Gasteiger partial charge in [0.1, 0.15) is 0 Å². The second-order valence-corrected chi connectivity index (χ2v) is 11.2. The second-order valence-electron chi connectivity index (χ2n) is 10.2. The van der Waals surface area contributed by atoms with Crippen molar-refractivity contribution < 1.29 is 22.3 Å². The predicted molar refractivity (Wildman–Crippen MR) is 142 cm³/mol. The zero-order valence-electron chi connectivity index (χ0n) is 22.7. The first kappa shape index (κ1) is 33.5. The van der Waals surface area contributed by atoms with Gasteiger partial charge in [0.2, 0.25) is 10.4 Å². The van der Waals surface area contributed by atoms with Crippen LogP contribution < -0.4 is 0 Å². The van der Waals surface area contributed by atoms with Crippen LogP contribution in [0, 0.1) is 11.3 Å². The summed E-state index contributed by atoms with van der Waals surface area (Å²) in [5.41, 5.74) is 1.66. The van der Waals surface area contributed by atoms with E-state index in [1.165, 1.54) is 103 Å². The molecule has 0 amide bonds. The van der Waals surface area contributed by atoms with Gasteiger partial charge in [0.15, 0.2) is 0 Å². The van der Waals surface area contributed by atoms with E-state index in [0.29, 0.717) is 6.61 Å². The van der Waals surface area contributed by atoms with Gasteiger partial charge in [-0.3, -0.25) is 9.18 Å². The zero-order chi connectivity index (χ0) is 25.7. The van der Waals surface area contributed by atoms with Crippen LogP contribution >= 0.6 is 0 Å². The molecule has 0 bridgehead atoms. The van der Waals surface area contributed by atoms with Gasteiger partial charge >= 0.3 is 0 Å². The van der Waals surface area contributed by atoms with Crippen LogP contribution in [0.4, 0.5) is 0 Å². The molecule has 0 radical (unpaired) electrons. The van der Waals surface area contributed by atoms with Crippen molar-refractivity contribution in [2.75, 3.05) is 19.8 Å². The number of unbranched alkanes of at least 4 members (excludes halogenated alkanes) is 11. The molecular formula is C27H54NO5S-. The fourth-order valence-corrected chi connectivity index (χ4v) is 5.15. The number of aliphatic imine (C=N–C) groups is 1. The molecule has 1 N–H and O–H groups in total. The lowest BCUT2D eigenvalue weighted by molar-refractivity contribution is 0.225. The first-order valence-corrected chi connectivity index (χ1v) is 15.3. The molecule has 1 unspecified atom stereocenters. The Bertz CT molecular complexity index is 606. The molecule has 0 aromatic carbocycles. The SMILES string of the molecule is CCC1(CCO)CCN=C1CCCCCCCCCCCCCCC(C)C.CCOS(=O)(=O)[O-]. The summed E-state index contributed by atoms with van der Waals surface area (Å²) < 4.78 is 32.0. The Balaban J connectivity index is 0.00000135. The molecule has 6 nitrogen and oxygen atoms in total. The third-order valence-corrected chi connectivity index (χ3v) is 7.50. The zero-order valence-corrected chi connectivity index (χ0v) is 23.5. The second kappa shape index (κ2) is 20.7. The Hall–Kier alpha value is -0.500. The highest BCUT2D eigenvalue weighted by atomic mass is 32.3. The smallest absolute Gasteiger partial charge is 0.217 e. The molecule has 0 aromatic heterocycles. The summed E-state index contributed by atoms with van der Waals surface area (Å²) in [6, 6.07) is 0. The van der Waals surface area contributed by atoms with Crippen molar-refractivity contribution in [3.8, 4) is 0 Å². The van der Waals surface area contributed by atoms with Crippen LogP contribution in [0.2, 0.25) is 0 Å². The highest BCUT2D eigenvalue weighted by Gasteiger charge is 2.35. The fourth-order valence-electron chi connectivity index (χ4n) is 4.86. The van der Waals surface area contributed by atoms with E-state index in [2.05, 4.69) is 25.0 Å². The summed E-state index contributed by atoms with van der Waals surface area (Å²) in [7, 11) is -4.42. The van der Waals surface area contributed by atoms with Crippen LogP contribution in [0.15, 0.2) is 4.99 Å². The van der Waals surface area contributed by atoms with Crippen LogP contribution in [0.25, 0.3) is 0 Å². The van der Waals surface area contributed by atoms with Gasteiger partial charge in [0.25, 0.3) is 0 Å². The maximum Gasteiger partial charge on any atom is 0.217 e. The molecule has 0 aliphatic carbocycles. The van der Waals surface area contributed by atoms with Crippen LogP contribution in [-0.4, -0.2) is 43.5 Å². The molecular weight excluding hydrogens is 450 g/mol. The Labute approximate surface area is 211 Å². The number of rotatable bonds is 20. The van der Waals surface area contributed by atoms with Gasteiger partial charge in [-0.2, -0.15) is 0 Å². The average Bonchev–Trinajstić information content (AvgIpc) is 3.16. The molecule has 0 saturated heterocycles. The molecule has 0 spiro atoms. The Morgan fingerprint density at radius 3 is 1.82 bits per heavy atom. The van der Waals surface area contributed by atoms with E-state index in [-0.39, 0.29) is 12.0 Å². The summed E-state index contributed by atoms with van der Waals surface area (Å²) in [5.74, 6) is 0.880. The molecule has 1 rings (SSSR count). The number of hydrogen-bond acceptors (Lipinski definition) is 6. The molecule has 34 heavy (non-hydrogen) atoms. The van der Waals surface area contributed by atoms with Crippen molar-refractivity contribution in [2.24, 2.45) is 16.3 Å². The van der Waals surface area contributed by atoms with Crippen molar-refractivity contribution in [1.29, 1.82) is 0 Å². The highest BCUT2D eigenvalue weighted by molar-refractivity contribution is 7.80. The molecule has 1 atom stereocenters. The topological polar surface area (TPSA) is 99.0 Å². The van der Waals surface area contributed by atoms with Gasteiger partial charge in [-0.05, 0) is 44.9 Å². The minimum atomic E-state index is -4.42. The Morgan fingerprint density at radius 1 is 0.941 bits per heavy atom. The van der Waals surface area contributed by atoms with Crippen molar-refractivity contribution >= 4 is 16.1 Å². The van der Waals surface area contributed by atoms with Crippen molar-refractivity contribution in [1.82, 2.24) is 0 Å². The van der Waals surface area contributed by atoms with E-state index in [9.17, 15) is 18.1 Å².